The number of hydrogen-bond acceptors (Lipinski definition) is 6. The number of methoxy groups -OCH3 is 1. The minimum absolute atomic E-state index is 0.474. The van der Waals surface area contributed by atoms with E-state index in [1.165, 1.54) is 5.56 Å². The van der Waals surface area contributed by atoms with Crippen LogP contribution in [0.25, 0.3) is 0 Å². The first-order valence-electron chi connectivity index (χ1n) is 7.82. The van der Waals surface area contributed by atoms with Gasteiger partial charge in [0, 0.05) is 17.3 Å². The number of halogens is 1. The lowest BCUT2D eigenvalue weighted by atomic mass is 10.1. The van der Waals surface area contributed by atoms with E-state index in [9.17, 15) is 0 Å². The molecule has 1 heterocycles. The van der Waals surface area contributed by atoms with Crippen molar-refractivity contribution in [2.45, 2.75) is 6.42 Å². The van der Waals surface area contributed by atoms with Crippen molar-refractivity contribution < 1.29 is 4.74 Å². The molecule has 25 heavy (non-hydrogen) atoms. The Morgan fingerprint density at radius 2 is 1.96 bits per heavy atom. The summed E-state index contributed by atoms with van der Waals surface area (Å²) < 4.78 is 5.23. The molecule has 7 heteroatoms. The molecular weight excluding hydrogens is 338 g/mol. The minimum atomic E-state index is 0.474. The Morgan fingerprint density at radius 1 is 1.12 bits per heavy atom. The summed E-state index contributed by atoms with van der Waals surface area (Å²) in [5.41, 5.74) is 2.06. The van der Waals surface area contributed by atoms with Gasteiger partial charge in [-0.15, -0.1) is 5.10 Å². The Labute approximate surface area is 151 Å². The number of rotatable bonds is 7. The van der Waals surface area contributed by atoms with E-state index < -0.39 is 0 Å². The van der Waals surface area contributed by atoms with Gasteiger partial charge in [-0.05, 0) is 48.4 Å². The first kappa shape index (κ1) is 17.0. The molecule has 0 aliphatic carbocycles. The monoisotopic (exact) mass is 355 g/mol. The second-order valence-electron chi connectivity index (χ2n) is 5.33. The smallest absolute Gasteiger partial charge is 0.244 e. The molecule has 0 bridgehead atoms. The Hall–Kier alpha value is -2.86. The quantitative estimate of drug-likeness (QED) is 0.669. The van der Waals surface area contributed by atoms with Gasteiger partial charge in [0.05, 0.1) is 13.3 Å². The normalized spacial score (nSPS) is 10.3. The molecule has 0 saturated heterocycles. The van der Waals surface area contributed by atoms with Crippen LogP contribution >= 0.6 is 11.6 Å². The molecule has 6 nitrogen and oxygen atoms in total. The van der Waals surface area contributed by atoms with Crippen molar-refractivity contribution in [3.8, 4) is 5.75 Å². The molecule has 1 aromatic heterocycles. The zero-order valence-electron chi connectivity index (χ0n) is 13.7. The summed E-state index contributed by atoms with van der Waals surface area (Å²) in [6, 6.07) is 15.3. The number of anilines is 3. The Balaban J connectivity index is 1.57. The van der Waals surface area contributed by atoms with Gasteiger partial charge in [-0.3, -0.25) is 0 Å². The molecule has 2 aromatic carbocycles. The Morgan fingerprint density at radius 3 is 2.76 bits per heavy atom. The molecule has 3 rings (SSSR count). The second kappa shape index (κ2) is 8.30. The Kier molecular flexibility index (Phi) is 5.64. The van der Waals surface area contributed by atoms with Gasteiger partial charge >= 0.3 is 0 Å². The molecule has 0 saturated carbocycles. The molecule has 0 fully saturated rings. The zero-order valence-corrected chi connectivity index (χ0v) is 14.5. The number of hydrogen-bond donors (Lipinski definition) is 2. The van der Waals surface area contributed by atoms with Crippen LogP contribution in [0.2, 0.25) is 5.02 Å². The van der Waals surface area contributed by atoms with Gasteiger partial charge in [0.2, 0.25) is 5.95 Å². The lowest BCUT2D eigenvalue weighted by molar-refractivity contribution is 0.414. The molecule has 0 radical (unpaired) electrons. The molecule has 3 aromatic rings. The fourth-order valence-corrected chi connectivity index (χ4v) is 2.39. The lowest BCUT2D eigenvalue weighted by Gasteiger charge is -2.08. The van der Waals surface area contributed by atoms with Crippen molar-refractivity contribution in [3.63, 3.8) is 0 Å². The lowest BCUT2D eigenvalue weighted by Crippen LogP contribution is -2.09. The third-order valence-corrected chi connectivity index (χ3v) is 3.76. The first-order chi connectivity index (χ1) is 12.2. The van der Waals surface area contributed by atoms with Crippen molar-refractivity contribution in [2.24, 2.45) is 0 Å². The van der Waals surface area contributed by atoms with Crippen LogP contribution in [0.5, 0.6) is 5.75 Å². The molecule has 0 aliphatic heterocycles. The highest BCUT2D eigenvalue weighted by Gasteiger charge is 2.02. The van der Waals surface area contributed by atoms with Crippen LogP contribution in [0.4, 0.5) is 17.5 Å². The highest BCUT2D eigenvalue weighted by Crippen LogP contribution is 2.17. The highest BCUT2D eigenvalue weighted by atomic mass is 35.5. The van der Waals surface area contributed by atoms with Gasteiger partial charge in [-0.1, -0.05) is 23.7 Å². The molecule has 0 unspecified atom stereocenters. The number of benzene rings is 2. The predicted molar refractivity (Wildman–Crippen MR) is 99.7 cm³/mol. The fraction of sp³-hybridized carbons (Fsp3) is 0.167. The average molecular weight is 356 g/mol. The van der Waals surface area contributed by atoms with E-state index in [4.69, 9.17) is 16.3 Å². The van der Waals surface area contributed by atoms with Crippen LogP contribution in [0, 0.1) is 0 Å². The molecule has 0 aliphatic rings. The third kappa shape index (κ3) is 5.06. The van der Waals surface area contributed by atoms with E-state index in [-0.39, 0.29) is 0 Å². The van der Waals surface area contributed by atoms with Gasteiger partial charge in [-0.2, -0.15) is 10.1 Å². The molecule has 0 spiro atoms. The van der Waals surface area contributed by atoms with Crippen LogP contribution < -0.4 is 15.4 Å². The van der Waals surface area contributed by atoms with E-state index in [0.717, 1.165) is 17.9 Å². The van der Waals surface area contributed by atoms with E-state index in [2.05, 4.69) is 31.9 Å². The van der Waals surface area contributed by atoms with Crippen molar-refractivity contribution in [3.05, 3.63) is 65.3 Å². The van der Waals surface area contributed by atoms with E-state index in [0.29, 0.717) is 23.3 Å². The third-order valence-electron chi connectivity index (χ3n) is 3.51. The van der Waals surface area contributed by atoms with Gasteiger partial charge < -0.3 is 15.4 Å². The van der Waals surface area contributed by atoms with E-state index in [1.54, 1.807) is 13.3 Å². The van der Waals surface area contributed by atoms with Crippen LogP contribution in [0.3, 0.4) is 0 Å². The topological polar surface area (TPSA) is 72.0 Å². The maximum Gasteiger partial charge on any atom is 0.244 e. The van der Waals surface area contributed by atoms with Crippen molar-refractivity contribution in [1.82, 2.24) is 15.2 Å². The van der Waals surface area contributed by atoms with Gasteiger partial charge in [0.1, 0.15) is 5.75 Å². The van der Waals surface area contributed by atoms with E-state index >= 15 is 0 Å². The van der Waals surface area contributed by atoms with Gasteiger partial charge in [-0.25, -0.2) is 0 Å². The minimum Gasteiger partial charge on any atom is -0.497 e. The van der Waals surface area contributed by atoms with Gasteiger partial charge in [0.25, 0.3) is 0 Å². The number of nitrogens with one attached hydrogen (secondary N) is 2. The van der Waals surface area contributed by atoms with Crippen molar-refractivity contribution in [2.75, 3.05) is 24.3 Å². The molecule has 0 amide bonds. The number of nitrogens with zero attached hydrogens (tertiary/aromatic N) is 3. The van der Waals surface area contributed by atoms with Crippen LogP contribution in [-0.2, 0) is 6.42 Å². The summed E-state index contributed by atoms with van der Waals surface area (Å²) in [5, 5.41) is 15.0. The van der Waals surface area contributed by atoms with Crippen LogP contribution in [-0.4, -0.2) is 28.8 Å². The summed E-state index contributed by atoms with van der Waals surface area (Å²) in [6.45, 7) is 0.694. The van der Waals surface area contributed by atoms with Crippen LogP contribution in [0.1, 0.15) is 5.56 Å². The fourth-order valence-electron chi connectivity index (χ4n) is 2.27. The van der Waals surface area contributed by atoms with Crippen molar-refractivity contribution >= 4 is 29.1 Å². The van der Waals surface area contributed by atoms with Gasteiger partial charge in [0.15, 0.2) is 5.82 Å². The maximum atomic E-state index is 5.88. The molecular formula is C18H18ClN5O. The van der Waals surface area contributed by atoms with Crippen molar-refractivity contribution in [1.29, 1.82) is 0 Å². The highest BCUT2D eigenvalue weighted by molar-refractivity contribution is 6.30. The zero-order chi connectivity index (χ0) is 17.5. The molecule has 128 valence electrons. The largest absolute Gasteiger partial charge is 0.497 e. The Bertz CT molecular complexity index is 826. The summed E-state index contributed by atoms with van der Waals surface area (Å²) in [6.07, 6.45) is 2.40. The first-order valence-corrected chi connectivity index (χ1v) is 8.20. The number of aromatic nitrogens is 3. The van der Waals surface area contributed by atoms with E-state index in [1.807, 2.05) is 42.5 Å². The second-order valence-corrected chi connectivity index (χ2v) is 5.76. The summed E-state index contributed by atoms with van der Waals surface area (Å²) >= 11 is 5.88. The average Bonchev–Trinajstić information content (AvgIpc) is 2.64. The summed E-state index contributed by atoms with van der Waals surface area (Å²) in [7, 11) is 1.66. The molecule has 0 atom stereocenters. The SMILES string of the molecule is COc1cccc(CCNc2nncc(Nc3ccc(Cl)cc3)n2)c1. The standard InChI is InChI=1S/C18H18ClN5O/c1-25-16-4-2-3-13(11-16)9-10-20-18-23-17(12-21-24-18)22-15-7-5-14(19)6-8-15/h2-8,11-12H,9-10H2,1H3,(H2,20,22,23,24). The molecule has 2 N–H and O–H groups in total. The predicted octanol–water partition coefficient (Wildman–Crippen LogP) is 3.93. The van der Waals surface area contributed by atoms with Crippen LogP contribution in [0.15, 0.2) is 54.7 Å². The summed E-state index contributed by atoms with van der Waals surface area (Å²) in [4.78, 5) is 4.40. The summed E-state index contributed by atoms with van der Waals surface area (Å²) in [5.74, 6) is 1.94. The number of ether oxygens (including phenoxy) is 1. The maximum absolute atomic E-state index is 5.88.